The van der Waals surface area contributed by atoms with Crippen molar-refractivity contribution >= 4 is 34.4 Å². The lowest BCUT2D eigenvalue weighted by atomic mass is 10.2. The Balaban J connectivity index is 1.31. The Morgan fingerprint density at radius 2 is 2.00 bits per heavy atom. The third-order valence-electron chi connectivity index (χ3n) is 4.41. The number of nitrogens with zero attached hydrogens (tertiary/aromatic N) is 2. The molecular formula is C20H17ClN4O5. The number of carbonyl (C=O) groups excluding carboxylic acids is 2. The van der Waals surface area contributed by atoms with Gasteiger partial charge in [0.2, 0.25) is 5.91 Å². The van der Waals surface area contributed by atoms with Crippen LogP contribution in [0.2, 0.25) is 5.02 Å². The van der Waals surface area contributed by atoms with Gasteiger partial charge in [0, 0.05) is 5.02 Å². The summed E-state index contributed by atoms with van der Waals surface area (Å²) in [5.74, 6) is 0.573. The van der Waals surface area contributed by atoms with Crippen molar-refractivity contribution in [2.24, 2.45) is 0 Å². The zero-order valence-corrected chi connectivity index (χ0v) is 16.4. The predicted molar refractivity (Wildman–Crippen MR) is 109 cm³/mol. The fraction of sp³-hybridized carbons (Fsp3) is 0.200. The number of hydrogen-bond acceptors (Lipinski definition) is 6. The van der Waals surface area contributed by atoms with Gasteiger partial charge in [0.25, 0.3) is 5.56 Å². The first-order chi connectivity index (χ1) is 14.5. The summed E-state index contributed by atoms with van der Waals surface area (Å²) in [5, 5.41) is 5.41. The van der Waals surface area contributed by atoms with Gasteiger partial charge in [-0.2, -0.15) is 0 Å². The van der Waals surface area contributed by atoms with Crippen LogP contribution >= 0.6 is 11.6 Å². The number of para-hydroxylation sites is 2. The summed E-state index contributed by atoms with van der Waals surface area (Å²) < 4.78 is 12.4. The first-order valence-electron chi connectivity index (χ1n) is 9.10. The second-order valence-corrected chi connectivity index (χ2v) is 7.03. The molecule has 2 aromatic carbocycles. The van der Waals surface area contributed by atoms with E-state index in [4.69, 9.17) is 21.1 Å². The summed E-state index contributed by atoms with van der Waals surface area (Å²) in [6, 6.07) is 11.2. The van der Waals surface area contributed by atoms with Crippen LogP contribution in [0.15, 0.2) is 53.6 Å². The molecule has 0 bridgehead atoms. The van der Waals surface area contributed by atoms with E-state index in [9.17, 15) is 14.4 Å². The van der Waals surface area contributed by atoms with Crippen molar-refractivity contribution in [3.63, 3.8) is 0 Å². The number of urea groups is 1. The molecule has 1 aromatic heterocycles. The van der Waals surface area contributed by atoms with Crippen LogP contribution in [0.25, 0.3) is 10.9 Å². The van der Waals surface area contributed by atoms with Crippen LogP contribution in [0.4, 0.5) is 4.79 Å². The summed E-state index contributed by atoms with van der Waals surface area (Å²) >= 11 is 5.92. The van der Waals surface area contributed by atoms with Gasteiger partial charge >= 0.3 is 6.03 Å². The van der Waals surface area contributed by atoms with Gasteiger partial charge in [-0.25, -0.2) is 9.78 Å². The lowest BCUT2D eigenvalue weighted by Crippen LogP contribution is -2.47. The van der Waals surface area contributed by atoms with Crippen molar-refractivity contribution in [2.75, 3.05) is 13.2 Å². The Labute approximate surface area is 175 Å². The van der Waals surface area contributed by atoms with E-state index in [0.29, 0.717) is 22.0 Å². The minimum Gasteiger partial charge on any atom is -0.486 e. The van der Waals surface area contributed by atoms with E-state index < -0.39 is 23.6 Å². The highest BCUT2D eigenvalue weighted by molar-refractivity contribution is 6.31. The summed E-state index contributed by atoms with van der Waals surface area (Å²) in [5.41, 5.74) is 0.0413. The van der Waals surface area contributed by atoms with Gasteiger partial charge in [0.05, 0.1) is 23.8 Å². The Morgan fingerprint density at radius 3 is 2.83 bits per heavy atom. The molecule has 3 aromatic rings. The smallest absolute Gasteiger partial charge is 0.321 e. The average molecular weight is 429 g/mol. The Morgan fingerprint density at radius 1 is 1.20 bits per heavy atom. The molecule has 0 saturated carbocycles. The van der Waals surface area contributed by atoms with Gasteiger partial charge < -0.3 is 14.8 Å². The zero-order chi connectivity index (χ0) is 21.1. The zero-order valence-electron chi connectivity index (χ0n) is 15.6. The number of halogens is 1. The van der Waals surface area contributed by atoms with Crippen molar-refractivity contribution < 1.29 is 19.1 Å². The van der Waals surface area contributed by atoms with Gasteiger partial charge in [-0.3, -0.25) is 19.5 Å². The molecule has 0 aliphatic carbocycles. The number of ether oxygens (including phenoxy) is 2. The minimum absolute atomic E-state index is 0.142. The van der Waals surface area contributed by atoms with Crippen LogP contribution in [0.3, 0.4) is 0 Å². The second-order valence-electron chi connectivity index (χ2n) is 6.59. The number of rotatable bonds is 4. The second kappa shape index (κ2) is 8.42. The van der Waals surface area contributed by atoms with Crippen molar-refractivity contribution in [3.05, 3.63) is 64.2 Å². The largest absolute Gasteiger partial charge is 0.486 e. The molecule has 2 heterocycles. The molecule has 1 unspecified atom stereocenters. The Bertz CT molecular complexity index is 1180. The topological polar surface area (TPSA) is 112 Å². The summed E-state index contributed by atoms with van der Waals surface area (Å²) in [6.07, 6.45) is 0.860. The van der Waals surface area contributed by atoms with Crippen molar-refractivity contribution in [3.8, 4) is 11.5 Å². The van der Waals surface area contributed by atoms with Gasteiger partial charge in [-0.1, -0.05) is 23.7 Å². The quantitative estimate of drug-likeness (QED) is 0.654. The lowest BCUT2D eigenvalue weighted by molar-refractivity contribution is -0.120. The number of aromatic nitrogens is 2. The third-order valence-corrected chi connectivity index (χ3v) is 4.65. The maximum atomic E-state index is 12.5. The fourth-order valence-electron chi connectivity index (χ4n) is 2.98. The number of imide groups is 1. The van der Waals surface area contributed by atoms with Crippen molar-refractivity contribution in [1.82, 2.24) is 20.2 Å². The molecule has 1 atom stereocenters. The molecular weight excluding hydrogens is 412 g/mol. The molecule has 3 amide bonds. The molecule has 0 saturated heterocycles. The van der Waals surface area contributed by atoms with E-state index in [-0.39, 0.29) is 25.1 Å². The fourth-order valence-corrected chi connectivity index (χ4v) is 3.15. The molecule has 4 rings (SSSR count). The molecule has 1 aliphatic heterocycles. The molecule has 9 nitrogen and oxygen atoms in total. The first kappa shape index (κ1) is 19.7. The molecule has 2 N–H and O–H groups in total. The van der Waals surface area contributed by atoms with Gasteiger partial charge in [0.15, 0.2) is 17.6 Å². The SMILES string of the molecule is O=C(Cn1cnc2ccc(Cl)cc2c1=O)NC(=O)NCC1COc2ccccc2O1. The van der Waals surface area contributed by atoms with Crippen molar-refractivity contribution in [2.45, 2.75) is 12.6 Å². The van der Waals surface area contributed by atoms with Gasteiger partial charge in [0.1, 0.15) is 13.2 Å². The Hall–Kier alpha value is -3.59. The van der Waals surface area contributed by atoms with Crippen LogP contribution in [0.1, 0.15) is 0 Å². The van der Waals surface area contributed by atoms with Crippen LogP contribution in [-0.4, -0.2) is 40.7 Å². The number of amides is 3. The summed E-state index contributed by atoms with van der Waals surface area (Å²) in [4.78, 5) is 40.8. The van der Waals surface area contributed by atoms with Crippen LogP contribution < -0.4 is 25.7 Å². The van der Waals surface area contributed by atoms with Crippen LogP contribution in [0.5, 0.6) is 11.5 Å². The highest BCUT2D eigenvalue weighted by Crippen LogP contribution is 2.30. The summed E-state index contributed by atoms with van der Waals surface area (Å²) in [7, 11) is 0. The molecule has 154 valence electrons. The number of hydrogen-bond donors (Lipinski definition) is 2. The average Bonchev–Trinajstić information content (AvgIpc) is 2.74. The Kier molecular flexibility index (Phi) is 5.53. The van der Waals surface area contributed by atoms with E-state index in [1.54, 1.807) is 24.3 Å². The van der Waals surface area contributed by atoms with E-state index in [1.807, 2.05) is 12.1 Å². The number of carbonyl (C=O) groups is 2. The standard InChI is InChI=1S/C20H17ClN4O5/c21-12-5-6-15-14(7-12)19(27)25(11-23-15)9-18(26)24-20(28)22-8-13-10-29-16-3-1-2-4-17(16)30-13/h1-7,11,13H,8-10H2,(H2,22,24,26,28). The van der Waals surface area contributed by atoms with Gasteiger partial charge in [-0.15, -0.1) is 0 Å². The maximum Gasteiger partial charge on any atom is 0.321 e. The van der Waals surface area contributed by atoms with Crippen LogP contribution in [-0.2, 0) is 11.3 Å². The molecule has 0 fully saturated rings. The highest BCUT2D eigenvalue weighted by Gasteiger charge is 2.21. The van der Waals surface area contributed by atoms with E-state index in [1.165, 1.54) is 12.4 Å². The van der Waals surface area contributed by atoms with Crippen LogP contribution in [0, 0.1) is 0 Å². The third kappa shape index (κ3) is 4.36. The van der Waals surface area contributed by atoms with Gasteiger partial charge in [-0.05, 0) is 30.3 Å². The highest BCUT2D eigenvalue weighted by atomic mass is 35.5. The molecule has 30 heavy (non-hydrogen) atoms. The molecule has 10 heteroatoms. The molecule has 1 aliphatic rings. The van der Waals surface area contributed by atoms with E-state index in [2.05, 4.69) is 15.6 Å². The van der Waals surface area contributed by atoms with E-state index in [0.717, 1.165) is 4.57 Å². The lowest BCUT2D eigenvalue weighted by Gasteiger charge is -2.26. The summed E-state index contributed by atoms with van der Waals surface area (Å²) in [6.45, 7) is 0.0491. The minimum atomic E-state index is -0.702. The first-order valence-corrected chi connectivity index (χ1v) is 9.48. The number of nitrogens with one attached hydrogen (secondary N) is 2. The maximum absolute atomic E-state index is 12.5. The van der Waals surface area contributed by atoms with E-state index >= 15 is 0 Å². The predicted octanol–water partition coefficient (Wildman–Crippen LogP) is 1.72. The normalized spacial score (nSPS) is 14.9. The monoisotopic (exact) mass is 428 g/mol. The molecule has 0 spiro atoms. The van der Waals surface area contributed by atoms with Crippen molar-refractivity contribution in [1.29, 1.82) is 0 Å². The molecule has 0 radical (unpaired) electrons. The number of fused-ring (bicyclic) bond motifs is 2. The number of benzene rings is 2.